The maximum Gasteiger partial charge on any atom is 0.270 e. The molecule has 8 nitrogen and oxygen atoms in total. The van der Waals surface area contributed by atoms with Gasteiger partial charge in [-0.05, 0) is 25.2 Å². The lowest BCUT2D eigenvalue weighted by molar-refractivity contribution is -0.384. The average Bonchev–Trinajstić information content (AvgIpc) is 2.85. The monoisotopic (exact) mass is 341 g/mol. The third-order valence-corrected chi connectivity index (χ3v) is 3.61. The molecule has 1 aromatic heterocycles. The van der Waals surface area contributed by atoms with Gasteiger partial charge in [0.1, 0.15) is 0 Å². The number of nitro benzene ring substituents is 1. The van der Waals surface area contributed by atoms with E-state index in [0.717, 1.165) is 6.07 Å². The van der Waals surface area contributed by atoms with Gasteiger partial charge in [0.2, 0.25) is 0 Å². The van der Waals surface area contributed by atoms with Crippen LogP contribution in [0.15, 0.2) is 18.2 Å². The summed E-state index contributed by atoms with van der Waals surface area (Å²) < 4.78 is 2.19. The van der Waals surface area contributed by atoms with Gasteiger partial charge in [0, 0.05) is 18.7 Å². The number of amides is 1. The van der Waals surface area contributed by atoms with Gasteiger partial charge in [-0.3, -0.25) is 20.0 Å². The number of benzene rings is 1. The predicted molar refractivity (Wildman–Crippen MR) is 82.4 cm³/mol. The first-order valence-electron chi connectivity index (χ1n) is 6.30. The summed E-state index contributed by atoms with van der Waals surface area (Å²) >= 11 is 11.0. The highest BCUT2D eigenvalue weighted by Gasteiger charge is 2.16. The SMILES string of the molecule is CCn1c(CNC(=O)c2cc([N+](=O)[O-])ccc2Cl)n[nH]c1=S. The number of hydrogen-bond donors (Lipinski definition) is 2. The van der Waals surface area contributed by atoms with E-state index in [9.17, 15) is 14.9 Å². The Morgan fingerprint density at radius 1 is 1.59 bits per heavy atom. The van der Waals surface area contributed by atoms with Crippen molar-refractivity contribution < 1.29 is 9.72 Å². The molecule has 0 saturated carbocycles. The zero-order valence-electron chi connectivity index (χ0n) is 11.5. The van der Waals surface area contributed by atoms with E-state index in [1.807, 2.05) is 6.92 Å². The zero-order chi connectivity index (χ0) is 16.3. The van der Waals surface area contributed by atoms with E-state index in [1.165, 1.54) is 12.1 Å². The fraction of sp³-hybridized carbons (Fsp3) is 0.250. The number of nitrogens with zero attached hydrogens (tertiary/aromatic N) is 3. The van der Waals surface area contributed by atoms with Crippen molar-refractivity contribution in [1.82, 2.24) is 20.1 Å². The Hall–Kier alpha value is -2.26. The molecule has 0 spiro atoms. The van der Waals surface area contributed by atoms with Crippen molar-refractivity contribution in [2.75, 3.05) is 0 Å². The summed E-state index contributed by atoms with van der Waals surface area (Å²) in [6.45, 7) is 2.63. The fourth-order valence-electron chi connectivity index (χ4n) is 1.87. The van der Waals surface area contributed by atoms with Crippen molar-refractivity contribution >= 4 is 35.4 Å². The summed E-state index contributed by atoms with van der Waals surface area (Å²) in [6.07, 6.45) is 0. The summed E-state index contributed by atoms with van der Waals surface area (Å²) in [5, 5.41) is 20.2. The first kappa shape index (κ1) is 16.1. The van der Waals surface area contributed by atoms with Crippen LogP contribution in [0, 0.1) is 14.9 Å². The quantitative estimate of drug-likeness (QED) is 0.493. The molecule has 0 aliphatic heterocycles. The molecule has 0 fully saturated rings. The standard InChI is InChI=1S/C12H12ClN5O3S/c1-2-17-10(15-16-12(17)22)6-14-11(19)8-5-7(18(20)21)3-4-9(8)13/h3-5H,2,6H2,1H3,(H,14,19)(H,16,22). The molecule has 22 heavy (non-hydrogen) atoms. The Bertz CT molecular complexity index is 785. The third kappa shape index (κ3) is 3.31. The molecule has 2 N–H and O–H groups in total. The highest BCUT2D eigenvalue weighted by atomic mass is 35.5. The molecule has 116 valence electrons. The van der Waals surface area contributed by atoms with Crippen molar-refractivity contribution in [3.8, 4) is 0 Å². The Labute approximate surface area is 135 Å². The number of aromatic amines is 1. The van der Waals surface area contributed by atoms with E-state index >= 15 is 0 Å². The molecule has 1 heterocycles. The number of halogens is 1. The molecule has 1 aromatic carbocycles. The van der Waals surface area contributed by atoms with Gasteiger partial charge < -0.3 is 9.88 Å². The Morgan fingerprint density at radius 2 is 2.32 bits per heavy atom. The molecule has 0 bridgehead atoms. The molecule has 0 aliphatic rings. The number of carbonyl (C=O) groups excluding carboxylic acids is 1. The number of rotatable bonds is 5. The molecule has 0 atom stereocenters. The van der Waals surface area contributed by atoms with Gasteiger partial charge in [-0.25, -0.2) is 0 Å². The highest BCUT2D eigenvalue weighted by Crippen LogP contribution is 2.22. The van der Waals surface area contributed by atoms with Crippen molar-refractivity contribution in [2.45, 2.75) is 20.0 Å². The molecule has 2 rings (SSSR count). The molecule has 10 heteroatoms. The summed E-state index contributed by atoms with van der Waals surface area (Å²) in [4.78, 5) is 22.3. The second-order valence-electron chi connectivity index (χ2n) is 4.29. The van der Waals surface area contributed by atoms with Gasteiger partial charge in [-0.1, -0.05) is 11.6 Å². The highest BCUT2D eigenvalue weighted by molar-refractivity contribution is 7.71. The van der Waals surface area contributed by atoms with Gasteiger partial charge in [0.15, 0.2) is 10.6 Å². The van der Waals surface area contributed by atoms with Gasteiger partial charge in [-0.15, -0.1) is 0 Å². The molecular weight excluding hydrogens is 330 g/mol. The zero-order valence-corrected chi connectivity index (χ0v) is 13.1. The van der Waals surface area contributed by atoms with Crippen molar-refractivity contribution in [2.24, 2.45) is 0 Å². The van der Waals surface area contributed by atoms with E-state index in [2.05, 4.69) is 15.5 Å². The van der Waals surface area contributed by atoms with E-state index in [0.29, 0.717) is 17.1 Å². The van der Waals surface area contributed by atoms with Gasteiger partial charge in [-0.2, -0.15) is 5.10 Å². The minimum Gasteiger partial charge on any atom is -0.345 e. The number of aromatic nitrogens is 3. The van der Waals surface area contributed by atoms with E-state index in [1.54, 1.807) is 4.57 Å². The minimum absolute atomic E-state index is 0.0352. The smallest absolute Gasteiger partial charge is 0.270 e. The summed E-state index contributed by atoms with van der Waals surface area (Å²) in [7, 11) is 0. The molecule has 0 radical (unpaired) electrons. The number of nitrogens with one attached hydrogen (secondary N) is 2. The van der Waals surface area contributed by atoms with Crippen LogP contribution < -0.4 is 5.32 Å². The van der Waals surface area contributed by atoms with Crippen LogP contribution in [0.2, 0.25) is 5.02 Å². The molecular formula is C12H12ClN5O3S. The number of non-ortho nitro benzene ring substituents is 1. The maximum absolute atomic E-state index is 12.1. The van der Waals surface area contributed by atoms with Crippen LogP contribution in [0.4, 0.5) is 5.69 Å². The lowest BCUT2D eigenvalue weighted by Gasteiger charge is -2.07. The van der Waals surface area contributed by atoms with Crippen LogP contribution in [-0.4, -0.2) is 25.6 Å². The van der Waals surface area contributed by atoms with Gasteiger partial charge in [0.05, 0.1) is 22.1 Å². The number of nitro groups is 1. The van der Waals surface area contributed by atoms with E-state index < -0.39 is 10.8 Å². The summed E-state index contributed by atoms with van der Waals surface area (Å²) in [5.74, 6) is 0.0349. The molecule has 0 aliphatic carbocycles. The Balaban J connectivity index is 2.17. The first-order chi connectivity index (χ1) is 10.4. The van der Waals surface area contributed by atoms with E-state index in [4.69, 9.17) is 23.8 Å². The van der Waals surface area contributed by atoms with Crippen molar-refractivity contribution in [3.63, 3.8) is 0 Å². The maximum atomic E-state index is 12.1. The van der Waals surface area contributed by atoms with Crippen molar-refractivity contribution in [3.05, 3.63) is 49.5 Å². The molecule has 2 aromatic rings. The molecule has 0 saturated heterocycles. The number of hydrogen-bond acceptors (Lipinski definition) is 5. The lowest BCUT2D eigenvalue weighted by Crippen LogP contribution is -2.25. The van der Waals surface area contributed by atoms with Crippen LogP contribution in [-0.2, 0) is 13.1 Å². The number of H-pyrrole nitrogens is 1. The molecule has 0 unspecified atom stereocenters. The lowest BCUT2D eigenvalue weighted by atomic mass is 10.2. The largest absolute Gasteiger partial charge is 0.345 e. The van der Waals surface area contributed by atoms with Crippen LogP contribution in [0.5, 0.6) is 0 Å². The second-order valence-corrected chi connectivity index (χ2v) is 5.09. The first-order valence-corrected chi connectivity index (χ1v) is 7.09. The van der Waals surface area contributed by atoms with Crippen LogP contribution in [0.25, 0.3) is 0 Å². The van der Waals surface area contributed by atoms with Crippen LogP contribution in [0.3, 0.4) is 0 Å². The third-order valence-electron chi connectivity index (χ3n) is 2.97. The number of carbonyl (C=O) groups is 1. The topological polar surface area (TPSA) is 106 Å². The second kappa shape index (κ2) is 6.67. The predicted octanol–water partition coefficient (Wildman–Crippen LogP) is 2.45. The fourth-order valence-corrected chi connectivity index (χ4v) is 2.35. The summed E-state index contributed by atoms with van der Waals surface area (Å²) in [5.41, 5.74) is -0.168. The normalized spacial score (nSPS) is 10.5. The molecule has 1 amide bonds. The Morgan fingerprint density at radius 3 is 2.95 bits per heavy atom. The minimum atomic E-state index is -0.588. The Kier molecular flexibility index (Phi) is 4.88. The van der Waals surface area contributed by atoms with Gasteiger partial charge in [0.25, 0.3) is 11.6 Å². The van der Waals surface area contributed by atoms with Crippen LogP contribution in [0.1, 0.15) is 23.1 Å². The van der Waals surface area contributed by atoms with Gasteiger partial charge >= 0.3 is 0 Å². The van der Waals surface area contributed by atoms with Crippen LogP contribution >= 0.6 is 23.8 Å². The average molecular weight is 342 g/mol. The van der Waals surface area contributed by atoms with E-state index in [-0.39, 0.29) is 22.8 Å². The van der Waals surface area contributed by atoms with Crippen molar-refractivity contribution in [1.29, 1.82) is 0 Å². The summed E-state index contributed by atoms with van der Waals surface area (Å²) in [6, 6.07) is 3.69.